The van der Waals surface area contributed by atoms with E-state index in [9.17, 15) is 10.1 Å². The third kappa shape index (κ3) is 4.83. The van der Waals surface area contributed by atoms with Crippen molar-refractivity contribution in [3.05, 3.63) is 65.7 Å². The van der Waals surface area contributed by atoms with Gasteiger partial charge in [0, 0.05) is 5.56 Å². The summed E-state index contributed by atoms with van der Waals surface area (Å²) >= 11 is 0. The summed E-state index contributed by atoms with van der Waals surface area (Å²) in [7, 11) is 1.53. The number of nitrogens with zero attached hydrogens (tertiary/aromatic N) is 1. The number of rotatable bonds is 7. The second-order valence-corrected chi connectivity index (χ2v) is 4.85. The monoisotopic (exact) mass is 310 g/mol. The highest BCUT2D eigenvalue weighted by Crippen LogP contribution is 2.24. The number of para-hydroxylation sites is 1. The average molecular weight is 310 g/mol. The van der Waals surface area contributed by atoms with Gasteiger partial charge in [0.1, 0.15) is 18.4 Å². The highest BCUT2D eigenvalue weighted by molar-refractivity contribution is 5.78. The Bertz CT molecular complexity index is 680. The van der Waals surface area contributed by atoms with Crippen LogP contribution in [0.3, 0.4) is 0 Å². The number of carbonyl (C=O) groups is 1. The summed E-state index contributed by atoms with van der Waals surface area (Å²) in [5, 5.41) is 11.9. The molecule has 118 valence electrons. The van der Waals surface area contributed by atoms with Gasteiger partial charge in [-0.1, -0.05) is 48.5 Å². The van der Waals surface area contributed by atoms with Crippen molar-refractivity contribution in [2.75, 3.05) is 13.7 Å². The van der Waals surface area contributed by atoms with Gasteiger partial charge in [0.25, 0.3) is 0 Å². The molecule has 1 N–H and O–H groups in total. The van der Waals surface area contributed by atoms with E-state index in [0.717, 1.165) is 5.56 Å². The van der Waals surface area contributed by atoms with E-state index in [1.165, 1.54) is 7.11 Å². The zero-order valence-corrected chi connectivity index (χ0v) is 12.9. The lowest BCUT2D eigenvalue weighted by atomic mass is 10.1. The van der Waals surface area contributed by atoms with Gasteiger partial charge >= 0.3 is 0 Å². The molecule has 0 aromatic heterocycles. The number of nitriles is 1. The van der Waals surface area contributed by atoms with Crippen LogP contribution < -0.4 is 10.1 Å². The number of nitrogens with one attached hydrogen (secondary N) is 1. The molecular formula is C18H18N2O3. The molecule has 0 heterocycles. The zero-order chi connectivity index (χ0) is 16.5. The number of amides is 1. The quantitative estimate of drug-likeness (QED) is 0.853. The molecule has 2 aromatic carbocycles. The Labute approximate surface area is 135 Å². The molecule has 0 aliphatic heterocycles. The van der Waals surface area contributed by atoms with Crippen molar-refractivity contribution in [1.29, 1.82) is 5.26 Å². The summed E-state index contributed by atoms with van der Waals surface area (Å²) in [5.41, 5.74) is 1.61. The van der Waals surface area contributed by atoms with Crippen LogP contribution >= 0.6 is 0 Å². The van der Waals surface area contributed by atoms with Crippen LogP contribution in [-0.2, 0) is 16.1 Å². The predicted octanol–water partition coefficient (Wildman–Crippen LogP) is 2.59. The lowest BCUT2D eigenvalue weighted by Crippen LogP contribution is -2.31. The standard InChI is InChI=1S/C18H18N2O3/c1-22-17-10-6-5-9-15(17)16(11-19)20-18(21)13-23-12-14-7-3-2-4-8-14/h2-10,16H,12-13H2,1H3,(H,20,21)/t16-/m1/s1. The molecule has 0 saturated carbocycles. The van der Waals surface area contributed by atoms with Crippen molar-refractivity contribution < 1.29 is 14.3 Å². The highest BCUT2D eigenvalue weighted by Gasteiger charge is 2.17. The van der Waals surface area contributed by atoms with E-state index in [-0.39, 0.29) is 12.5 Å². The Hall–Kier alpha value is -2.84. The Kier molecular flexibility index (Phi) is 6.16. The third-order valence-electron chi connectivity index (χ3n) is 3.23. The Morgan fingerprint density at radius 1 is 1.17 bits per heavy atom. The second kappa shape index (κ2) is 8.57. The molecule has 0 aliphatic rings. The fourth-order valence-corrected chi connectivity index (χ4v) is 2.12. The van der Waals surface area contributed by atoms with Gasteiger partial charge in [0.2, 0.25) is 5.91 Å². The fraction of sp³-hybridized carbons (Fsp3) is 0.222. The molecule has 5 heteroatoms. The van der Waals surface area contributed by atoms with E-state index in [2.05, 4.69) is 11.4 Å². The van der Waals surface area contributed by atoms with Gasteiger partial charge in [-0.25, -0.2) is 0 Å². The SMILES string of the molecule is COc1ccccc1[C@@H](C#N)NC(=O)COCc1ccccc1. The van der Waals surface area contributed by atoms with Crippen molar-refractivity contribution in [1.82, 2.24) is 5.32 Å². The smallest absolute Gasteiger partial charge is 0.247 e. The summed E-state index contributed by atoms with van der Waals surface area (Å²) in [5.74, 6) is 0.211. The first-order valence-corrected chi connectivity index (χ1v) is 7.18. The van der Waals surface area contributed by atoms with Gasteiger partial charge < -0.3 is 14.8 Å². The molecule has 0 bridgehead atoms. The average Bonchev–Trinajstić information content (AvgIpc) is 2.60. The predicted molar refractivity (Wildman–Crippen MR) is 85.6 cm³/mol. The van der Waals surface area contributed by atoms with E-state index in [1.807, 2.05) is 36.4 Å². The molecule has 0 unspecified atom stereocenters. The normalized spacial score (nSPS) is 11.3. The minimum Gasteiger partial charge on any atom is -0.496 e. The minimum atomic E-state index is -0.779. The van der Waals surface area contributed by atoms with Gasteiger partial charge in [0.05, 0.1) is 19.8 Å². The number of methoxy groups -OCH3 is 1. The maximum atomic E-state index is 11.9. The van der Waals surface area contributed by atoms with Gasteiger partial charge in [-0.3, -0.25) is 4.79 Å². The molecule has 1 atom stereocenters. The van der Waals surface area contributed by atoms with Crippen LogP contribution in [0.4, 0.5) is 0 Å². The van der Waals surface area contributed by atoms with Crippen molar-refractivity contribution in [2.45, 2.75) is 12.6 Å². The van der Waals surface area contributed by atoms with Gasteiger partial charge in [-0.15, -0.1) is 0 Å². The van der Waals surface area contributed by atoms with Crippen LogP contribution in [0.1, 0.15) is 17.2 Å². The number of benzene rings is 2. The zero-order valence-electron chi connectivity index (χ0n) is 12.9. The maximum Gasteiger partial charge on any atom is 0.247 e. The van der Waals surface area contributed by atoms with Gasteiger partial charge in [-0.05, 0) is 11.6 Å². The molecule has 0 radical (unpaired) electrons. The summed E-state index contributed by atoms with van der Waals surface area (Å²) in [6.45, 7) is 0.238. The molecule has 1 amide bonds. The van der Waals surface area contributed by atoms with Crippen molar-refractivity contribution in [3.8, 4) is 11.8 Å². The largest absolute Gasteiger partial charge is 0.496 e. The molecule has 5 nitrogen and oxygen atoms in total. The summed E-state index contributed by atoms with van der Waals surface area (Å²) in [6.07, 6.45) is 0. The first-order valence-electron chi connectivity index (χ1n) is 7.18. The Balaban J connectivity index is 1.89. The van der Waals surface area contributed by atoms with E-state index in [4.69, 9.17) is 9.47 Å². The minimum absolute atomic E-state index is 0.109. The molecule has 23 heavy (non-hydrogen) atoms. The number of carbonyl (C=O) groups excluding carboxylic acids is 1. The highest BCUT2D eigenvalue weighted by atomic mass is 16.5. The first-order chi connectivity index (χ1) is 11.2. The molecule has 2 aromatic rings. The molecule has 2 rings (SSSR count). The van der Waals surface area contributed by atoms with Crippen LogP contribution in [0.25, 0.3) is 0 Å². The van der Waals surface area contributed by atoms with E-state index < -0.39 is 6.04 Å². The number of hydrogen-bond acceptors (Lipinski definition) is 4. The number of hydrogen-bond donors (Lipinski definition) is 1. The molecule has 0 saturated heterocycles. The summed E-state index contributed by atoms with van der Waals surface area (Å²) in [4.78, 5) is 11.9. The molecule has 0 spiro atoms. The lowest BCUT2D eigenvalue weighted by molar-refractivity contribution is -0.126. The van der Waals surface area contributed by atoms with Crippen LogP contribution in [0.2, 0.25) is 0 Å². The van der Waals surface area contributed by atoms with Crippen LogP contribution in [0, 0.1) is 11.3 Å². The van der Waals surface area contributed by atoms with Crippen molar-refractivity contribution in [2.24, 2.45) is 0 Å². The van der Waals surface area contributed by atoms with Gasteiger partial charge in [0.15, 0.2) is 0 Å². The molecular weight excluding hydrogens is 292 g/mol. The lowest BCUT2D eigenvalue weighted by Gasteiger charge is -2.15. The van der Waals surface area contributed by atoms with Crippen LogP contribution in [-0.4, -0.2) is 19.6 Å². The number of ether oxygens (including phenoxy) is 2. The first kappa shape index (κ1) is 16.5. The Morgan fingerprint density at radius 3 is 2.57 bits per heavy atom. The Morgan fingerprint density at radius 2 is 1.87 bits per heavy atom. The third-order valence-corrected chi connectivity index (χ3v) is 3.23. The molecule has 0 aliphatic carbocycles. The maximum absolute atomic E-state index is 11.9. The molecule has 0 fully saturated rings. The van der Waals surface area contributed by atoms with E-state index in [0.29, 0.717) is 17.9 Å². The summed E-state index contributed by atoms with van der Waals surface area (Å²) < 4.78 is 10.6. The van der Waals surface area contributed by atoms with Crippen LogP contribution in [0.15, 0.2) is 54.6 Å². The summed E-state index contributed by atoms with van der Waals surface area (Å²) in [6, 6.07) is 18.0. The van der Waals surface area contributed by atoms with Crippen molar-refractivity contribution in [3.63, 3.8) is 0 Å². The van der Waals surface area contributed by atoms with Crippen LogP contribution in [0.5, 0.6) is 5.75 Å². The van der Waals surface area contributed by atoms with E-state index >= 15 is 0 Å². The topological polar surface area (TPSA) is 71.3 Å². The fourth-order valence-electron chi connectivity index (χ4n) is 2.12. The van der Waals surface area contributed by atoms with E-state index in [1.54, 1.807) is 18.2 Å². The van der Waals surface area contributed by atoms with Crippen molar-refractivity contribution >= 4 is 5.91 Å². The van der Waals surface area contributed by atoms with Gasteiger partial charge in [-0.2, -0.15) is 5.26 Å². The second-order valence-electron chi connectivity index (χ2n) is 4.85.